The molecule has 1 aromatic carbocycles. The minimum atomic E-state index is -0.0265. The molecule has 0 aliphatic carbocycles. The van der Waals surface area contributed by atoms with Crippen LogP contribution < -0.4 is 10.2 Å². The number of rotatable bonds is 5. The van der Waals surface area contributed by atoms with Crippen LogP contribution in [0.3, 0.4) is 0 Å². The van der Waals surface area contributed by atoms with Gasteiger partial charge in [-0.2, -0.15) is 11.3 Å². The number of hydrogen-bond donors (Lipinski definition) is 2. The van der Waals surface area contributed by atoms with Gasteiger partial charge in [-0.05, 0) is 47.9 Å². The van der Waals surface area contributed by atoms with Crippen molar-refractivity contribution in [2.24, 2.45) is 5.92 Å². The number of amides is 1. The van der Waals surface area contributed by atoms with Crippen LogP contribution in [0.15, 0.2) is 41.1 Å². The second-order valence-corrected chi connectivity index (χ2v) is 6.75. The number of aliphatic hydroxyl groups is 1. The Morgan fingerprint density at radius 2 is 1.96 bits per heavy atom. The molecule has 2 N–H and O–H groups in total. The number of benzene rings is 1. The normalized spacial score (nSPS) is 15.6. The molecule has 1 aliphatic rings. The van der Waals surface area contributed by atoms with Crippen molar-refractivity contribution >= 4 is 22.9 Å². The summed E-state index contributed by atoms with van der Waals surface area (Å²) >= 11 is 1.53. The fourth-order valence-electron chi connectivity index (χ4n) is 2.88. The van der Waals surface area contributed by atoms with E-state index in [9.17, 15) is 9.90 Å². The molecule has 23 heavy (non-hydrogen) atoms. The van der Waals surface area contributed by atoms with E-state index in [-0.39, 0.29) is 5.91 Å². The summed E-state index contributed by atoms with van der Waals surface area (Å²) in [5.41, 5.74) is 3.04. The molecule has 1 saturated heterocycles. The van der Waals surface area contributed by atoms with Crippen LogP contribution >= 0.6 is 11.3 Å². The topological polar surface area (TPSA) is 52.6 Å². The number of anilines is 1. The summed E-state index contributed by atoms with van der Waals surface area (Å²) in [6, 6.07) is 10.2. The highest BCUT2D eigenvalue weighted by molar-refractivity contribution is 7.08. The lowest BCUT2D eigenvalue weighted by atomic mass is 9.97. The number of nitrogens with one attached hydrogen (secondary N) is 1. The third-order valence-electron chi connectivity index (χ3n) is 4.41. The highest BCUT2D eigenvalue weighted by atomic mass is 32.1. The molecule has 1 aliphatic heterocycles. The maximum atomic E-state index is 11.9. The van der Waals surface area contributed by atoms with Gasteiger partial charge in [0.25, 0.3) is 5.91 Å². The molecule has 1 fully saturated rings. The zero-order chi connectivity index (χ0) is 16.1. The zero-order valence-electron chi connectivity index (χ0n) is 13.1. The molecule has 2 aromatic rings. The zero-order valence-corrected chi connectivity index (χ0v) is 13.9. The molecule has 3 rings (SSSR count). The summed E-state index contributed by atoms with van der Waals surface area (Å²) in [6.45, 7) is 2.84. The molecular formula is C18H22N2O2S. The van der Waals surface area contributed by atoms with Gasteiger partial charge in [-0.3, -0.25) is 4.79 Å². The molecular weight excluding hydrogens is 308 g/mol. The maximum Gasteiger partial charge on any atom is 0.252 e. The second kappa shape index (κ2) is 7.62. The van der Waals surface area contributed by atoms with Crippen molar-refractivity contribution in [3.05, 3.63) is 52.2 Å². The van der Waals surface area contributed by atoms with Crippen LogP contribution in [0.4, 0.5) is 5.69 Å². The lowest BCUT2D eigenvalue weighted by Gasteiger charge is -2.33. The van der Waals surface area contributed by atoms with Crippen molar-refractivity contribution in [1.29, 1.82) is 0 Å². The van der Waals surface area contributed by atoms with Gasteiger partial charge in [-0.15, -0.1) is 0 Å². The summed E-state index contributed by atoms with van der Waals surface area (Å²) in [4.78, 5) is 14.3. The number of carbonyl (C=O) groups is 1. The Bertz CT molecular complexity index is 617. The van der Waals surface area contributed by atoms with Gasteiger partial charge in [-0.25, -0.2) is 0 Å². The largest absolute Gasteiger partial charge is 0.396 e. The van der Waals surface area contributed by atoms with Crippen LogP contribution in [0, 0.1) is 5.92 Å². The van der Waals surface area contributed by atoms with Gasteiger partial charge in [0.1, 0.15) is 0 Å². The van der Waals surface area contributed by atoms with Crippen molar-refractivity contribution in [3.63, 3.8) is 0 Å². The highest BCUT2D eigenvalue weighted by Crippen LogP contribution is 2.23. The van der Waals surface area contributed by atoms with E-state index >= 15 is 0 Å². The Morgan fingerprint density at radius 3 is 2.57 bits per heavy atom. The first-order valence-corrected chi connectivity index (χ1v) is 8.95. The fraction of sp³-hybridized carbons (Fsp3) is 0.389. The van der Waals surface area contributed by atoms with E-state index in [1.165, 1.54) is 17.0 Å². The molecule has 5 heteroatoms. The SMILES string of the molecule is O=C(NCc1ccc(N2CCC(CO)CC2)cc1)c1ccsc1. The number of thiophene rings is 1. The molecule has 1 amide bonds. The average Bonchev–Trinajstić information content (AvgIpc) is 3.15. The van der Waals surface area contributed by atoms with Crippen molar-refractivity contribution in [1.82, 2.24) is 5.32 Å². The number of carbonyl (C=O) groups excluding carboxylic acids is 1. The third kappa shape index (κ3) is 4.12. The van der Waals surface area contributed by atoms with Crippen molar-refractivity contribution in [2.75, 3.05) is 24.6 Å². The summed E-state index contributed by atoms with van der Waals surface area (Å²) in [7, 11) is 0. The van der Waals surface area contributed by atoms with Crippen LogP contribution in [-0.4, -0.2) is 30.7 Å². The van der Waals surface area contributed by atoms with E-state index in [1.807, 2.05) is 16.8 Å². The van der Waals surface area contributed by atoms with Gasteiger partial charge < -0.3 is 15.3 Å². The molecule has 0 unspecified atom stereocenters. The van der Waals surface area contributed by atoms with E-state index in [4.69, 9.17) is 0 Å². The molecule has 1 aromatic heterocycles. The Labute approximate surface area is 140 Å². The molecule has 122 valence electrons. The Balaban J connectivity index is 1.52. The maximum absolute atomic E-state index is 11.9. The van der Waals surface area contributed by atoms with Crippen molar-refractivity contribution in [2.45, 2.75) is 19.4 Å². The highest BCUT2D eigenvalue weighted by Gasteiger charge is 2.18. The average molecular weight is 330 g/mol. The molecule has 0 spiro atoms. The van der Waals surface area contributed by atoms with Gasteiger partial charge in [0, 0.05) is 42.9 Å². The second-order valence-electron chi connectivity index (χ2n) is 5.97. The number of aliphatic hydroxyl groups excluding tert-OH is 1. The number of nitrogens with zero attached hydrogens (tertiary/aromatic N) is 1. The van der Waals surface area contributed by atoms with Gasteiger partial charge in [0.2, 0.25) is 0 Å². The van der Waals surface area contributed by atoms with Gasteiger partial charge >= 0.3 is 0 Å². The Kier molecular flexibility index (Phi) is 5.31. The molecule has 0 saturated carbocycles. The summed E-state index contributed by atoms with van der Waals surface area (Å²) in [5, 5.41) is 15.9. The molecule has 0 atom stereocenters. The fourth-order valence-corrected chi connectivity index (χ4v) is 3.51. The molecule has 2 heterocycles. The molecule has 4 nitrogen and oxygen atoms in total. The van der Waals surface area contributed by atoms with Gasteiger partial charge in [0.05, 0.1) is 0 Å². The van der Waals surface area contributed by atoms with E-state index in [1.54, 1.807) is 0 Å². The first-order valence-electron chi connectivity index (χ1n) is 8.01. The smallest absolute Gasteiger partial charge is 0.252 e. The van der Waals surface area contributed by atoms with E-state index in [2.05, 4.69) is 34.5 Å². The summed E-state index contributed by atoms with van der Waals surface area (Å²) in [5.74, 6) is 0.430. The third-order valence-corrected chi connectivity index (χ3v) is 5.09. The van der Waals surface area contributed by atoms with Crippen LogP contribution in [0.5, 0.6) is 0 Å². The molecule has 0 radical (unpaired) electrons. The predicted molar refractivity (Wildman–Crippen MR) is 94.0 cm³/mol. The Morgan fingerprint density at radius 1 is 1.22 bits per heavy atom. The van der Waals surface area contributed by atoms with Crippen LogP contribution in [-0.2, 0) is 6.54 Å². The van der Waals surface area contributed by atoms with Crippen molar-refractivity contribution < 1.29 is 9.90 Å². The van der Waals surface area contributed by atoms with Crippen molar-refractivity contribution in [3.8, 4) is 0 Å². The van der Waals surface area contributed by atoms with E-state index < -0.39 is 0 Å². The quantitative estimate of drug-likeness (QED) is 0.886. The van der Waals surface area contributed by atoms with Crippen LogP contribution in [0.2, 0.25) is 0 Å². The van der Waals surface area contributed by atoms with Crippen LogP contribution in [0.1, 0.15) is 28.8 Å². The van der Waals surface area contributed by atoms with Gasteiger partial charge in [0.15, 0.2) is 0 Å². The first-order chi connectivity index (χ1) is 11.3. The lowest BCUT2D eigenvalue weighted by molar-refractivity contribution is 0.0951. The summed E-state index contributed by atoms with van der Waals surface area (Å²) in [6.07, 6.45) is 2.10. The van der Waals surface area contributed by atoms with E-state index in [0.717, 1.165) is 37.1 Å². The lowest BCUT2D eigenvalue weighted by Crippen LogP contribution is -2.34. The predicted octanol–water partition coefficient (Wildman–Crippen LogP) is 2.89. The Hall–Kier alpha value is -1.85. The van der Waals surface area contributed by atoms with Crippen LogP contribution in [0.25, 0.3) is 0 Å². The summed E-state index contributed by atoms with van der Waals surface area (Å²) < 4.78 is 0. The standard InChI is InChI=1S/C18H22N2O2S/c21-12-15-5-8-20(9-6-15)17-3-1-14(2-4-17)11-19-18(22)16-7-10-23-13-16/h1-4,7,10,13,15,21H,5-6,8-9,11-12H2,(H,19,22). The van der Waals surface area contributed by atoms with Gasteiger partial charge in [-0.1, -0.05) is 12.1 Å². The minimum Gasteiger partial charge on any atom is -0.396 e. The monoisotopic (exact) mass is 330 g/mol. The number of piperidine rings is 1. The first kappa shape index (κ1) is 16.0. The minimum absolute atomic E-state index is 0.0265. The molecule has 0 bridgehead atoms. The van der Waals surface area contributed by atoms with E-state index in [0.29, 0.717) is 19.1 Å². The number of hydrogen-bond acceptors (Lipinski definition) is 4.